The summed E-state index contributed by atoms with van der Waals surface area (Å²) in [6, 6.07) is 0. The largest absolute Gasteiger partial charge is 0.639 e. The average Bonchev–Trinajstić information content (AvgIpc) is 2.05. The molecule has 11 heavy (non-hydrogen) atoms. The van der Waals surface area contributed by atoms with E-state index in [-0.39, 0.29) is 0 Å². The number of rotatable bonds is 7. The highest BCUT2D eigenvalue weighted by molar-refractivity contribution is 6.36. The Hall–Kier alpha value is -0.0551. The third-order valence-electron chi connectivity index (χ3n) is 1.11. The van der Waals surface area contributed by atoms with Gasteiger partial charge in [-0.15, -0.1) is 0 Å². The summed E-state index contributed by atoms with van der Waals surface area (Å²) in [6.07, 6.45) is 1.96. The topological polar surface area (TPSA) is 27.7 Å². The van der Waals surface area contributed by atoms with Gasteiger partial charge in [0.2, 0.25) is 0 Å². The number of hydrogen-bond donors (Lipinski definition) is 0. The Morgan fingerprint density at radius 3 is 1.73 bits per heavy atom. The van der Waals surface area contributed by atoms with Crippen LogP contribution in [0.3, 0.4) is 0 Å². The van der Waals surface area contributed by atoms with Crippen LogP contribution in [0.2, 0.25) is 0 Å². The standard InChI is InChI=1S/C7H17BO3/c1-4-6-10-8(9-3)11-7-5-2/h4-7H2,1-3H3. The van der Waals surface area contributed by atoms with Gasteiger partial charge in [0.1, 0.15) is 0 Å². The lowest BCUT2D eigenvalue weighted by molar-refractivity contribution is 0.113. The summed E-state index contributed by atoms with van der Waals surface area (Å²) in [6.45, 7) is 5.46. The quantitative estimate of drug-likeness (QED) is 0.527. The molecule has 0 fully saturated rings. The molecule has 0 aliphatic rings. The predicted octanol–water partition coefficient (Wildman–Crippen LogP) is 1.47. The Labute approximate surface area is 69.2 Å². The Balaban J connectivity index is 3.25. The Morgan fingerprint density at radius 1 is 1.00 bits per heavy atom. The van der Waals surface area contributed by atoms with E-state index in [0.717, 1.165) is 12.8 Å². The first kappa shape index (κ1) is 10.9. The molecule has 0 spiro atoms. The fourth-order valence-corrected chi connectivity index (χ4v) is 0.612. The molecule has 0 aromatic heterocycles. The van der Waals surface area contributed by atoms with Gasteiger partial charge in [0.25, 0.3) is 0 Å². The van der Waals surface area contributed by atoms with Gasteiger partial charge in [-0.05, 0) is 12.8 Å². The molecule has 0 aromatic rings. The van der Waals surface area contributed by atoms with E-state index >= 15 is 0 Å². The lowest BCUT2D eigenvalue weighted by Crippen LogP contribution is -2.26. The third kappa shape index (κ3) is 6.35. The van der Waals surface area contributed by atoms with Crippen LogP contribution in [0, 0.1) is 0 Å². The summed E-state index contributed by atoms with van der Waals surface area (Å²) in [7, 11) is 1.10. The first-order chi connectivity index (χ1) is 5.35. The van der Waals surface area contributed by atoms with Gasteiger partial charge < -0.3 is 14.0 Å². The van der Waals surface area contributed by atoms with Crippen molar-refractivity contribution in [1.82, 2.24) is 0 Å². The minimum Gasteiger partial charge on any atom is -0.389 e. The maximum atomic E-state index is 5.20. The molecule has 0 N–H and O–H groups in total. The van der Waals surface area contributed by atoms with Crippen LogP contribution in [0.15, 0.2) is 0 Å². The van der Waals surface area contributed by atoms with Crippen LogP contribution in [0.1, 0.15) is 26.7 Å². The zero-order chi connectivity index (χ0) is 8.53. The van der Waals surface area contributed by atoms with Crippen molar-refractivity contribution in [2.24, 2.45) is 0 Å². The second kappa shape index (κ2) is 8.05. The molecule has 66 valence electrons. The fourth-order valence-electron chi connectivity index (χ4n) is 0.612. The van der Waals surface area contributed by atoms with Crippen molar-refractivity contribution in [2.75, 3.05) is 20.3 Å². The molecule has 0 aliphatic carbocycles. The normalized spacial score (nSPS) is 10.1. The predicted molar refractivity (Wildman–Crippen MR) is 45.2 cm³/mol. The zero-order valence-corrected chi connectivity index (χ0v) is 7.63. The minimum atomic E-state index is -0.477. The van der Waals surface area contributed by atoms with E-state index in [0.29, 0.717) is 13.2 Å². The summed E-state index contributed by atoms with van der Waals surface area (Å²) in [5, 5.41) is 0. The molecule has 0 bridgehead atoms. The summed E-state index contributed by atoms with van der Waals surface area (Å²) < 4.78 is 15.3. The molecule has 0 rings (SSSR count). The van der Waals surface area contributed by atoms with Crippen molar-refractivity contribution in [2.45, 2.75) is 26.7 Å². The summed E-state index contributed by atoms with van der Waals surface area (Å²) >= 11 is 0. The van der Waals surface area contributed by atoms with Crippen molar-refractivity contribution in [1.29, 1.82) is 0 Å². The summed E-state index contributed by atoms with van der Waals surface area (Å²) in [5.41, 5.74) is 0. The van der Waals surface area contributed by atoms with Crippen LogP contribution in [0.4, 0.5) is 0 Å². The lowest BCUT2D eigenvalue weighted by atomic mass is 10.2. The van der Waals surface area contributed by atoms with Crippen molar-refractivity contribution >= 4 is 7.32 Å². The van der Waals surface area contributed by atoms with Crippen LogP contribution < -0.4 is 0 Å². The van der Waals surface area contributed by atoms with E-state index < -0.39 is 7.32 Å². The monoisotopic (exact) mass is 160 g/mol. The Bertz CT molecular complexity index is 72.1. The molecule has 0 aliphatic heterocycles. The highest BCUT2D eigenvalue weighted by Crippen LogP contribution is 1.93. The highest BCUT2D eigenvalue weighted by atomic mass is 16.7. The van der Waals surface area contributed by atoms with E-state index in [4.69, 9.17) is 14.0 Å². The molecule has 4 heteroatoms. The maximum absolute atomic E-state index is 5.20. The van der Waals surface area contributed by atoms with Gasteiger partial charge in [0.15, 0.2) is 0 Å². The molecule has 0 amide bonds. The molecule has 0 saturated heterocycles. The van der Waals surface area contributed by atoms with Gasteiger partial charge in [-0.1, -0.05) is 13.8 Å². The van der Waals surface area contributed by atoms with Crippen LogP contribution in [-0.2, 0) is 14.0 Å². The van der Waals surface area contributed by atoms with Crippen molar-refractivity contribution in [3.05, 3.63) is 0 Å². The third-order valence-corrected chi connectivity index (χ3v) is 1.11. The van der Waals surface area contributed by atoms with Crippen LogP contribution in [0.25, 0.3) is 0 Å². The fraction of sp³-hybridized carbons (Fsp3) is 1.00. The van der Waals surface area contributed by atoms with Gasteiger partial charge in [-0.3, -0.25) is 0 Å². The van der Waals surface area contributed by atoms with E-state index in [9.17, 15) is 0 Å². The van der Waals surface area contributed by atoms with Crippen LogP contribution >= 0.6 is 0 Å². The smallest absolute Gasteiger partial charge is 0.389 e. The van der Waals surface area contributed by atoms with Gasteiger partial charge in [-0.2, -0.15) is 0 Å². The molecular weight excluding hydrogens is 143 g/mol. The van der Waals surface area contributed by atoms with E-state index in [1.54, 1.807) is 7.11 Å². The van der Waals surface area contributed by atoms with E-state index in [2.05, 4.69) is 0 Å². The average molecular weight is 160 g/mol. The highest BCUT2D eigenvalue weighted by Gasteiger charge is 2.17. The van der Waals surface area contributed by atoms with Crippen molar-refractivity contribution in [3.63, 3.8) is 0 Å². The number of hydrogen-bond acceptors (Lipinski definition) is 3. The van der Waals surface area contributed by atoms with Gasteiger partial charge in [0.05, 0.1) is 0 Å². The molecule has 0 heterocycles. The van der Waals surface area contributed by atoms with Crippen molar-refractivity contribution < 1.29 is 14.0 Å². The molecular formula is C7H17BO3. The van der Waals surface area contributed by atoms with Gasteiger partial charge in [-0.25, -0.2) is 0 Å². The van der Waals surface area contributed by atoms with Crippen molar-refractivity contribution in [3.8, 4) is 0 Å². The zero-order valence-electron chi connectivity index (χ0n) is 7.63. The molecule has 0 unspecified atom stereocenters. The first-order valence-corrected chi connectivity index (χ1v) is 4.11. The van der Waals surface area contributed by atoms with Gasteiger partial charge >= 0.3 is 7.32 Å². The Morgan fingerprint density at radius 2 is 1.45 bits per heavy atom. The molecule has 0 saturated carbocycles. The lowest BCUT2D eigenvalue weighted by Gasteiger charge is -2.09. The van der Waals surface area contributed by atoms with E-state index in [1.165, 1.54) is 0 Å². The SMILES string of the molecule is CCCOB(OC)OCCC. The second-order valence-corrected chi connectivity index (χ2v) is 2.27. The first-order valence-electron chi connectivity index (χ1n) is 4.11. The van der Waals surface area contributed by atoms with E-state index in [1.807, 2.05) is 13.8 Å². The van der Waals surface area contributed by atoms with Crippen LogP contribution in [0.5, 0.6) is 0 Å². The molecule has 0 atom stereocenters. The summed E-state index contributed by atoms with van der Waals surface area (Å²) in [4.78, 5) is 0. The second-order valence-electron chi connectivity index (χ2n) is 2.27. The van der Waals surface area contributed by atoms with Gasteiger partial charge in [0, 0.05) is 20.3 Å². The molecule has 3 nitrogen and oxygen atoms in total. The van der Waals surface area contributed by atoms with Crippen LogP contribution in [-0.4, -0.2) is 27.6 Å². The molecule has 0 radical (unpaired) electrons. The maximum Gasteiger partial charge on any atom is 0.639 e. The Kier molecular flexibility index (Phi) is 8.01. The summed E-state index contributed by atoms with van der Waals surface area (Å²) in [5.74, 6) is 0. The minimum absolute atomic E-state index is 0.477. The molecule has 0 aromatic carbocycles.